The smallest absolute Gasteiger partial charge is 0.275 e. The highest BCUT2D eigenvalue weighted by Crippen LogP contribution is 2.25. The van der Waals surface area contributed by atoms with Gasteiger partial charge in [0.1, 0.15) is 11.4 Å². The van der Waals surface area contributed by atoms with E-state index in [-0.39, 0.29) is 11.7 Å². The number of rotatable bonds is 2. The highest BCUT2D eigenvalue weighted by molar-refractivity contribution is 9.10. The van der Waals surface area contributed by atoms with E-state index < -0.39 is 0 Å². The second-order valence-corrected chi connectivity index (χ2v) is 5.10. The summed E-state index contributed by atoms with van der Waals surface area (Å²) < 4.78 is 0.639. The van der Waals surface area contributed by atoms with E-state index in [1.807, 2.05) is 6.92 Å². The number of aromatic nitrogens is 1. The molecule has 0 aliphatic rings. The molecule has 0 fully saturated rings. The van der Waals surface area contributed by atoms with Gasteiger partial charge >= 0.3 is 0 Å². The van der Waals surface area contributed by atoms with Crippen molar-refractivity contribution in [2.24, 2.45) is 0 Å². The van der Waals surface area contributed by atoms with Crippen LogP contribution >= 0.6 is 15.9 Å². The molecule has 0 aliphatic heterocycles. The fourth-order valence-electron chi connectivity index (χ4n) is 1.67. The molecule has 1 heterocycles. The van der Waals surface area contributed by atoms with Gasteiger partial charge in [-0.05, 0) is 65.2 Å². The molecular weight excluding hydrogens is 308 g/mol. The number of aromatic hydroxyl groups is 1. The molecule has 2 N–H and O–H groups in total. The second kappa shape index (κ2) is 5.40. The topological polar surface area (TPSA) is 62.2 Å². The average molecular weight is 321 g/mol. The molecular formula is C14H13BrN2O2. The number of benzene rings is 1. The molecule has 0 bridgehead atoms. The number of phenols is 1. The fourth-order valence-corrected chi connectivity index (χ4v) is 2.10. The van der Waals surface area contributed by atoms with Crippen molar-refractivity contribution in [2.75, 3.05) is 5.32 Å². The Bertz CT molecular complexity index is 641. The SMILES string of the molecule is Cc1cc(NC(=O)c2ncccc2Br)c(C)cc1O. The Hall–Kier alpha value is -1.88. The standard InChI is InChI=1S/C14H13BrN2O2/c1-8-7-12(18)9(2)6-11(8)17-14(19)13-10(15)4-3-5-16-13/h3-7,18H,1-2H3,(H,17,19). The quantitative estimate of drug-likeness (QED) is 0.833. The summed E-state index contributed by atoms with van der Waals surface area (Å²) in [5.41, 5.74) is 2.50. The Balaban J connectivity index is 2.30. The van der Waals surface area contributed by atoms with Gasteiger partial charge in [-0.15, -0.1) is 0 Å². The number of amides is 1. The average Bonchev–Trinajstić information content (AvgIpc) is 2.36. The predicted molar refractivity (Wildman–Crippen MR) is 77.5 cm³/mol. The van der Waals surface area contributed by atoms with E-state index in [0.29, 0.717) is 21.4 Å². The van der Waals surface area contributed by atoms with Crippen molar-refractivity contribution < 1.29 is 9.90 Å². The third kappa shape index (κ3) is 2.93. The minimum absolute atomic E-state index is 0.217. The number of hydrogen-bond donors (Lipinski definition) is 2. The number of carbonyl (C=O) groups is 1. The van der Waals surface area contributed by atoms with Crippen molar-refractivity contribution in [3.8, 4) is 5.75 Å². The maximum absolute atomic E-state index is 12.1. The summed E-state index contributed by atoms with van der Waals surface area (Å²) in [4.78, 5) is 16.2. The molecule has 1 amide bonds. The summed E-state index contributed by atoms with van der Waals surface area (Å²) in [5.74, 6) is -0.0739. The highest BCUT2D eigenvalue weighted by atomic mass is 79.9. The zero-order valence-electron chi connectivity index (χ0n) is 10.6. The zero-order chi connectivity index (χ0) is 14.0. The van der Waals surface area contributed by atoms with Crippen LogP contribution in [0.2, 0.25) is 0 Å². The summed E-state index contributed by atoms with van der Waals surface area (Å²) in [6, 6.07) is 6.87. The van der Waals surface area contributed by atoms with Crippen molar-refractivity contribution >= 4 is 27.5 Å². The Morgan fingerprint density at radius 3 is 2.74 bits per heavy atom. The van der Waals surface area contributed by atoms with Gasteiger partial charge in [0, 0.05) is 16.4 Å². The Morgan fingerprint density at radius 2 is 2.05 bits per heavy atom. The van der Waals surface area contributed by atoms with Crippen molar-refractivity contribution in [3.05, 3.63) is 51.8 Å². The third-order valence-corrected chi connectivity index (χ3v) is 3.40. The van der Waals surface area contributed by atoms with E-state index in [1.54, 1.807) is 37.4 Å². The molecule has 0 radical (unpaired) electrons. The lowest BCUT2D eigenvalue weighted by molar-refractivity contribution is 0.102. The van der Waals surface area contributed by atoms with Gasteiger partial charge in [-0.25, -0.2) is 4.98 Å². The lowest BCUT2D eigenvalue weighted by Gasteiger charge is -2.11. The molecule has 4 nitrogen and oxygen atoms in total. The summed E-state index contributed by atoms with van der Waals surface area (Å²) in [6.45, 7) is 3.60. The number of halogens is 1. The van der Waals surface area contributed by atoms with Crippen LogP contribution in [-0.2, 0) is 0 Å². The number of aryl methyl sites for hydroxylation is 2. The van der Waals surface area contributed by atoms with Crippen LogP contribution in [0.1, 0.15) is 21.6 Å². The lowest BCUT2D eigenvalue weighted by Crippen LogP contribution is -2.15. The molecule has 2 aromatic rings. The minimum atomic E-state index is -0.291. The van der Waals surface area contributed by atoms with Crippen molar-refractivity contribution in [1.82, 2.24) is 4.98 Å². The van der Waals surface area contributed by atoms with Crippen molar-refractivity contribution in [2.45, 2.75) is 13.8 Å². The highest BCUT2D eigenvalue weighted by Gasteiger charge is 2.13. The Labute approximate surface area is 119 Å². The van der Waals surface area contributed by atoms with Crippen molar-refractivity contribution in [1.29, 1.82) is 0 Å². The van der Waals surface area contributed by atoms with Gasteiger partial charge in [0.15, 0.2) is 0 Å². The number of hydrogen-bond acceptors (Lipinski definition) is 3. The third-order valence-electron chi connectivity index (χ3n) is 2.76. The maximum atomic E-state index is 12.1. The largest absolute Gasteiger partial charge is 0.508 e. The van der Waals surface area contributed by atoms with Crippen LogP contribution in [0, 0.1) is 13.8 Å². The minimum Gasteiger partial charge on any atom is -0.508 e. The summed E-state index contributed by atoms with van der Waals surface area (Å²) >= 11 is 3.29. The van der Waals surface area contributed by atoms with Crippen LogP contribution in [0.25, 0.3) is 0 Å². The molecule has 0 atom stereocenters. The zero-order valence-corrected chi connectivity index (χ0v) is 12.2. The van der Waals surface area contributed by atoms with E-state index in [1.165, 1.54) is 0 Å². The molecule has 2 rings (SSSR count). The van der Waals surface area contributed by atoms with Gasteiger partial charge in [0.05, 0.1) is 0 Å². The molecule has 0 saturated carbocycles. The first-order valence-corrected chi connectivity index (χ1v) is 6.50. The van der Waals surface area contributed by atoms with Crippen LogP contribution in [0.4, 0.5) is 5.69 Å². The number of carbonyl (C=O) groups excluding carboxylic acids is 1. The van der Waals surface area contributed by atoms with E-state index in [4.69, 9.17) is 0 Å². The predicted octanol–water partition coefficient (Wildman–Crippen LogP) is 3.42. The number of nitrogens with zero attached hydrogens (tertiary/aromatic N) is 1. The van der Waals surface area contributed by atoms with Gasteiger partial charge in [-0.1, -0.05) is 0 Å². The number of phenolic OH excluding ortho intramolecular Hbond substituents is 1. The molecule has 1 aromatic heterocycles. The number of nitrogens with one attached hydrogen (secondary N) is 1. The second-order valence-electron chi connectivity index (χ2n) is 4.24. The fraction of sp³-hybridized carbons (Fsp3) is 0.143. The molecule has 0 spiro atoms. The number of pyridine rings is 1. The summed E-state index contributed by atoms with van der Waals surface area (Å²) in [5, 5.41) is 12.4. The molecule has 98 valence electrons. The first kappa shape index (κ1) is 13.5. The lowest BCUT2D eigenvalue weighted by atomic mass is 10.1. The molecule has 5 heteroatoms. The first-order valence-electron chi connectivity index (χ1n) is 5.71. The molecule has 0 saturated heterocycles. The van der Waals surface area contributed by atoms with Gasteiger partial charge in [-0.3, -0.25) is 4.79 Å². The van der Waals surface area contributed by atoms with Gasteiger partial charge in [0.25, 0.3) is 5.91 Å². The maximum Gasteiger partial charge on any atom is 0.275 e. The molecule has 0 unspecified atom stereocenters. The summed E-state index contributed by atoms with van der Waals surface area (Å²) in [6.07, 6.45) is 1.56. The monoisotopic (exact) mass is 320 g/mol. The molecule has 1 aromatic carbocycles. The summed E-state index contributed by atoms with van der Waals surface area (Å²) in [7, 11) is 0. The van der Waals surface area contributed by atoms with E-state index in [2.05, 4.69) is 26.2 Å². The number of anilines is 1. The van der Waals surface area contributed by atoms with Gasteiger partial charge in [-0.2, -0.15) is 0 Å². The van der Waals surface area contributed by atoms with Crippen LogP contribution in [0.15, 0.2) is 34.9 Å². The Kier molecular flexibility index (Phi) is 3.85. The van der Waals surface area contributed by atoms with Crippen molar-refractivity contribution in [3.63, 3.8) is 0 Å². The molecule has 0 aliphatic carbocycles. The van der Waals surface area contributed by atoms with Crippen LogP contribution in [-0.4, -0.2) is 16.0 Å². The van der Waals surface area contributed by atoms with E-state index in [9.17, 15) is 9.90 Å². The van der Waals surface area contributed by atoms with Crippen LogP contribution in [0.5, 0.6) is 5.75 Å². The van der Waals surface area contributed by atoms with Gasteiger partial charge < -0.3 is 10.4 Å². The molecule has 19 heavy (non-hydrogen) atoms. The first-order chi connectivity index (χ1) is 8.99. The van der Waals surface area contributed by atoms with Crippen LogP contribution in [0.3, 0.4) is 0 Å². The Morgan fingerprint density at radius 1 is 1.32 bits per heavy atom. The van der Waals surface area contributed by atoms with E-state index >= 15 is 0 Å². The van der Waals surface area contributed by atoms with Crippen LogP contribution < -0.4 is 5.32 Å². The van der Waals surface area contributed by atoms with E-state index in [0.717, 1.165) is 5.56 Å². The van der Waals surface area contributed by atoms with Gasteiger partial charge in [0.2, 0.25) is 0 Å². The normalized spacial score (nSPS) is 10.3.